The second kappa shape index (κ2) is 5.37. The summed E-state index contributed by atoms with van der Waals surface area (Å²) in [6, 6.07) is 7.12. The molecule has 1 saturated heterocycles. The molecule has 1 aromatic heterocycles. The van der Waals surface area contributed by atoms with Crippen molar-refractivity contribution < 1.29 is 0 Å². The first-order valence-corrected chi connectivity index (χ1v) is 6.97. The summed E-state index contributed by atoms with van der Waals surface area (Å²) in [7, 11) is 0. The van der Waals surface area contributed by atoms with Crippen LogP contribution in [0.5, 0.6) is 0 Å². The van der Waals surface area contributed by atoms with E-state index in [-0.39, 0.29) is 5.54 Å². The molecule has 1 aliphatic heterocycles. The number of aromatic nitrogens is 1. The fourth-order valence-electron chi connectivity index (χ4n) is 2.67. The summed E-state index contributed by atoms with van der Waals surface area (Å²) < 4.78 is 0. The van der Waals surface area contributed by atoms with Crippen molar-refractivity contribution in [1.82, 2.24) is 15.2 Å². The highest BCUT2D eigenvalue weighted by atomic mass is 15.3. The summed E-state index contributed by atoms with van der Waals surface area (Å²) in [5.41, 5.74) is 1.40. The average molecular weight is 247 g/mol. The van der Waals surface area contributed by atoms with Crippen LogP contribution in [0.1, 0.15) is 45.9 Å². The summed E-state index contributed by atoms with van der Waals surface area (Å²) in [5.74, 6) is 0. The molecule has 0 aliphatic carbocycles. The van der Waals surface area contributed by atoms with Gasteiger partial charge in [-0.15, -0.1) is 0 Å². The number of nitrogens with one attached hydrogen (secondary N) is 1. The molecule has 0 spiro atoms. The minimum absolute atomic E-state index is 0.232. The summed E-state index contributed by atoms with van der Waals surface area (Å²) in [5, 5.41) is 3.67. The zero-order valence-corrected chi connectivity index (χ0v) is 12.0. The highest BCUT2D eigenvalue weighted by Crippen LogP contribution is 2.27. The predicted molar refractivity (Wildman–Crippen MR) is 75.5 cm³/mol. The first-order valence-electron chi connectivity index (χ1n) is 6.97. The van der Waals surface area contributed by atoms with Crippen molar-refractivity contribution in [2.75, 3.05) is 13.1 Å². The largest absolute Gasteiger partial charge is 0.309 e. The normalized spacial score (nSPS) is 31.2. The fourth-order valence-corrected chi connectivity index (χ4v) is 2.67. The summed E-state index contributed by atoms with van der Waals surface area (Å²) >= 11 is 0. The molecule has 100 valence electrons. The molecule has 0 aromatic carbocycles. The van der Waals surface area contributed by atoms with Gasteiger partial charge in [0.15, 0.2) is 0 Å². The lowest BCUT2D eigenvalue weighted by Crippen LogP contribution is -2.62. The van der Waals surface area contributed by atoms with Gasteiger partial charge in [-0.2, -0.15) is 0 Å². The lowest BCUT2D eigenvalue weighted by Gasteiger charge is -2.47. The van der Waals surface area contributed by atoms with Crippen LogP contribution in [-0.4, -0.2) is 34.6 Å². The monoisotopic (exact) mass is 247 g/mol. The molecule has 0 amide bonds. The second-order valence-corrected chi connectivity index (χ2v) is 5.75. The van der Waals surface area contributed by atoms with Crippen LogP contribution in [-0.2, 0) is 0 Å². The van der Waals surface area contributed by atoms with Gasteiger partial charge in [-0.25, -0.2) is 0 Å². The standard InChI is InChI=1S/C15H25N3/c1-5-15(4)11-18(12(2)10-17-15)13(3)14-8-6-7-9-16-14/h6-9,12-13,17H,5,10-11H2,1-4H3. The zero-order valence-electron chi connectivity index (χ0n) is 12.0. The van der Waals surface area contributed by atoms with E-state index < -0.39 is 0 Å². The van der Waals surface area contributed by atoms with Crippen LogP contribution in [0, 0.1) is 0 Å². The van der Waals surface area contributed by atoms with Crippen LogP contribution in [0.2, 0.25) is 0 Å². The molecule has 1 aromatic rings. The van der Waals surface area contributed by atoms with E-state index in [1.165, 1.54) is 5.69 Å². The van der Waals surface area contributed by atoms with Crippen LogP contribution in [0.15, 0.2) is 24.4 Å². The van der Waals surface area contributed by atoms with Crippen molar-refractivity contribution in [2.45, 2.75) is 51.7 Å². The smallest absolute Gasteiger partial charge is 0.0572 e. The Kier molecular flexibility index (Phi) is 4.03. The molecule has 2 heterocycles. The van der Waals surface area contributed by atoms with Crippen molar-refractivity contribution >= 4 is 0 Å². The van der Waals surface area contributed by atoms with E-state index in [2.05, 4.69) is 55.0 Å². The van der Waals surface area contributed by atoms with E-state index in [4.69, 9.17) is 0 Å². The second-order valence-electron chi connectivity index (χ2n) is 5.75. The Morgan fingerprint density at radius 3 is 2.94 bits per heavy atom. The predicted octanol–water partition coefficient (Wildman–Crippen LogP) is 2.61. The molecule has 1 aliphatic rings. The zero-order chi connectivity index (χ0) is 13.2. The lowest BCUT2D eigenvalue weighted by molar-refractivity contribution is 0.0582. The highest BCUT2D eigenvalue weighted by molar-refractivity contribution is 5.10. The Morgan fingerprint density at radius 2 is 2.33 bits per heavy atom. The van der Waals surface area contributed by atoms with Gasteiger partial charge in [-0.1, -0.05) is 13.0 Å². The van der Waals surface area contributed by atoms with Crippen molar-refractivity contribution in [3.63, 3.8) is 0 Å². The lowest BCUT2D eigenvalue weighted by atomic mass is 9.92. The maximum atomic E-state index is 4.50. The van der Waals surface area contributed by atoms with Crippen LogP contribution < -0.4 is 5.32 Å². The molecule has 3 unspecified atom stereocenters. The molecule has 1 N–H and O–H groups in total. The quantitative estimate of drug-likeness (QED) is 0.890. The Morgan fingerprint density at radius 1 is 1.56 bits per heavy atom. The highest BCUT2D eigenvalue weighted by Gasteiger charge is 2.35. The summed E-state index contributed by atoms with van der Waals surface area (Å²) in [4.78, 5) is 7.07. The van der Waals surface area contributed by atoms with Gasteiger partial charge in [0.25, 0.3) is 0 Å². The van der Waals surface area contributed by atoms with Crippen LogP contribution in [0.4, 0.5) is 0 Å². The van der Waals surface area contributed by atoms with Gasteiger partial charge in [0.2, 0.25) is 0 Å². The minimum atomic E-state index is 0.232. The molecule has 3 atom stereocenters. The molecule has 18 heavy (non-hydrogen) atoms. The Hall–Kier alpha value is -0.930. The molecule has 0 saturated carbocycles. The summed E-state index contributed by atoms with van der Waals surface area (Å²) in [6.45, 7) is 11.3. The molecule has 3 nitrogen and oxygen atoms in total. The Labute approximate surface area is 111 Å². The van der Waals surface area contributed by atoms with Gasteiger partial charge in [0.05, 0.1) is 5.69 Å². The summed E-state index contributed by atoms with van der Waals surface area (Å²) in [6.07, 6.45) is 3.04. The third-order valence-corrected chi connectivity index (χ3v) is 4.32. The minimum Gasteiger partial charge on any atom is -0.309 e. The van der Waals surface area contributed by atoms with E-state index in [1.807, 2.05) is 12.3 Å². The van der Waals surface area contributed by atoms with Crippen molar-refractivity contribution in [3.8, 4) is 0 Å². The van der Waals surface area contributed by atoms with Gasteiger partial charge in [-0.05, 0) is 39.3 Å². The van der Waals surface area contributed by atoms with Gasteiger partial charge < -0.3 is 5.32 Å². The van der Waals surface area contributed by atoms with Gasteiger partial charge in [0, 0.05) is 36.9 Å². The van der Waals surface area contributed by atoms with Crippen molar-refractivity contribution in [1.29, 1.82) is 0 Å². The molecular formula is C15H25N3. The van der Waals surface area contributed by atoms with Crippen LogP contribution in [0.25, 0.3) is 0 Å². The third kappa shape index (κ3) is 2.73. The topological polar surface area (TPSA) is 28.2 Å². The van der Waals surface area contributed by atoms with E-state index in [0.717, 1.165) is 19.5 Å². The van der Waals surface area contributed by atoms with E-state index in [0.29, 0.717) is 12.1 Å². The molecule has 2 rings (SSSR count). The van der Waals surface area contributed by atoms with Crippen molar-refractivity contribution in [2.24, 2.45) is 0 Å². The van der Waals surface area contributed by atoms with Gasteiger partial charge in [0.1, 0.15) is 0 Å². The molecular weight excluding hydrogens is 222 g/mol. The fraction of sp³-hybridized carbons (Fsp3) is 0.667. The third-order valence-electron chi connectivity index (χ3n) is 4.32. The maximum absolute atomic E-state index is 4.50. The SMILES string of the molecule is CCC1(C)CN(C(C)c2ccccn2)C(C)CN1. The number of nitrogens with zero attached hydrogens (tertiary/aromatic N) is 2. The average Bonchev–Trinajstić information content (AvgIpc) is 2.42. The van der Waals surface area contributed by atoms with E-state index in [9.17, 15) is 0 Å². The number of hydrogen-bond donors (Lipinski definition) is 1. The molecule has 1 fully saturated rings. The van der Waals surface area contributed by atoms with Gasteiger partial charge in [-0.3, -0.25) is 9.88 Å². The van der Waals surface area contributed by atoms with Gasteiger partial charge >= 0.3 is 0 Å². The number of hydrogen-bond acceptors (Lipinski definition) is 3. The van der Waals surface area contributed by atoms with Crippen LogP contribution in [0.3, 0.4) is 0 Å². The first kappa shape index (κ1) is 13.5. The number of pyridine rings is 1. The number of piperazine rings is 1. The van der Waals surface area contributed by atoms with E-state index in [1.54, 1.807) is 0 Å². The first-order chi connectivity index (χ1) is 8.56. The van der Waals surface area contributed by atoms with E-state index >= 15 is 0 Å². The Bertz CT molecular complexity index is 379. The van der Waals surface area contributed by atoms with Crippen molar-refractivity contribution in [3.05, 3.63) is 30.1 Å². The number of rotatable bonds is 3. The molecule has 0 bridgehead atoms. The van der Waals surface area contributed by atoms with Crippen LogP contribution >= 0.6 is 0 Å². The Balaban J connectivity index is 2.15. The molecule has 0 radical (unpaired) electrons. The molecule has 3 heteroatoms. The maximum Gasteiger partial charge on any atom is 0.0572 e.